The van der Waals surface area contributed by atoms with Crippen LogP contribution < -0.4 is 0 Å². The Bertz CT molecular complexity index is 1260. The zero-order valence-electron chi connectivity index (χ0n) is 62.5. The highest BCUT2D eigenvalue weighted by Crippen LogP contribution is 2.51. The first-order valence-electron chi connectivity index (χ1n) is 31.6. The van der Waals surface area contributed by atoms with E-state index in [4.69, 9.17) is 0 Å². The van der Waals surface area contributed by atoms with Gasteiger partial charge in [0.15, 0.2) is 0 Å². The van der Waals surface area contributed by atoms with E-state index in [0.717, 1.165) is 41.4 Å². The molecule has 0 heterocycles. The van der Waals surface area contributed by atoms with Crippen LogP contribution in [0.15, 0.2) is 0 Å². The van der Waals surface area contributed by atoms with Gasteiger partial charge in [0, 0.05) is 0 Å². The summed E-state index contributed by atoms with van der Waals surface area (Å²) in [4.78, 5) is 0. The molecule has 0 spiro atoms. The summed E-state index contributed by atoms with van der Waals surface area (Å²) in [6, 6.07) is 0. The normalized spacial score (nSPS) is 15.6. The maximum absolute atomic E-state index is 2.35. The quantitative estimate of drug-likeness (QED) is 0.249. The van der Waals surface area contributed by atoms with E-state index >= 15 is 0 Å². The van der Waals surface area contributed by atoms with Gasteiger partial charge in [-0.1, -0.05) is 370 Å². The Kier molecular flexibility index (Phi) is 40.0. The summed E-state index contributed by atoms with van der Waals surface area (Å²) < 4.78 is 0. The summed E-state index contributed by atoms with van der Waals surface area (Å²) in [5.41, 5.74) is 5.66. The third-order valence-electron chi connectivity index (χ3n) is 22.5. The molecule has 1 saturated carbocycles. The van der Waals surface area contributed by atoms with Crippen LogP contribution in [0, 0.1) is 112 Å². The molecule has 0 aromatic heterocycles. The van der Waals surface area contributed by atoms with Gasteiger partial charge in [-0.25, -0.2) is 0 Å². The molecule has 1 unspecified atom stereocenters. The van der Waals surface area contributed by atoms with E-state index < -0.39 is 0 Å². The average Bonchev–Trinajstić information content (AvgIpc) is 3.15. The molecule has 0 saturated heterocycles. The Morgan fingerprint density at radius 1 is 0.324 bits per heavy atom. The summed E-state index contributed by atoms with van der Waals surface area (Å²) in [7, 11) is 0. The van der Waals surface area contributed by atoms with E-state index in [9.17, 15) is 0 Å². The second kappa shape index (κ2) is 33.7. The van der Waals surface area contributed by atoms with E-state index in [1.54, 1.807) is 0 Å². The highest BCUT2D eigenvalue weighted by molar-refractivity contribution is 4.91. The summed E-state index contributed by atoms with van der Waals surface area (Å²) in [5.74, 6) is 5.81. The summed E-state index contributed by atoms with van der Waals surface area (Å²) in [5, 5.41) is 0. The minimum atomic E-state index is 0.375. The lowest BCUT2D eigenvalue weighted by Gasteiger charge is -2.49. The van der Waals surface area contributed by atoms with Gasteiger partial charge in [-0.2, -0.15) is 0 Å². The molecular formula is C74H162. The standard InChI is InChI=1S/C11H24.2C10H22.3C9H20.C8H16.C8H18/c1-9(2,3)11(7,8)10(4,5)6;1-8(9(2,3)4)10(5,6)7;1-8(2)10(6,7)9(3,4)5;1-7-9(5,6)8(2,3)4;1-7(2)8(3)9(4,5)6;1-7(2)9(5,6)8(3)4;1-2-8-6-4-3-5-7-8;1-7(2,3)8(4,5)6/h1-8H3;2*8H,1-7H3;7H2,1-6H3;2*7-8H,1-6H3;8H,2-7H2,1H3;1-6H3. The van der Waals surface area contributed by atoms with Gasteiger partial charge in [-0.05, 0) is 112 Å². The molecule has 0 radical (unpaired) electrons. The first-order valence-corrected chi connectivity index (χ1v) is 31.6. The fourth-order valence-electron chi connectivity index (χ4n) is 7.08. The molecule has 0 amide bonds. The monoisotopic (exact) mass is 1050 g/mol. The Labute approximate surface area is 479 Å². The minimum absolute atomic E-state index is 0.375. The predicted octanol–water partition coefficient (Wildman–Crippen LogP) is 27.7. The average molecular weight is 1050 g/mol. The summed E-state index contributed by atoms with van der Waals surface area (Å²) >= 11 is 0. The fourth-order valence-corrected chi connectivity index (χ4v) is 7.08. The van der Waals surface area contributed by atoms with Gasteiger partial charge in [0.2, 0.25) is 0 Å². The number of hydrogen-bond donors (Lipinski definition) is 0. The molecule has 1 atom stereocenters. The Hall–Kier alpha value is 0. The Morgan fingerprint density at radius 3 is 0.649 bits per heavy atom. The Balaban J connectivity index is -0.000000139. The largest absolute Gasteiger partial charge is 0.0651 e. The predicted molar refractivity (Wildman–Crippen MR) is 355 cm³/mol. The van der Waals surface area contributed by atoms with E-state index in [1.165, 1.54) is 44.9 Å². The SMILES string of the molecule is CC(C(C)(C)C)C(C)(C)C.CC(C)(C)C(C)(C)C.CC(C)(C)C(C)(C)C(C)(C)C.CC(C)C(C)(C)C(C)(C)C.CC(C)C(C)(C)C(C)C.CC(C)C(C)C(C)(C)C.CCC(C)(C)C(C)(C)C.CCC1CCCCC1. The highest BCUT2D eigenvalue weighted by Gasteiger charge is 2.42. The molecule has 0 aromatic rings. The first kappa shape index (κ1) is 87.8. The van der Waals surface area contributed by atoms with Gasteiger partial charge in [0.05, 0.1) is 0 Å². The Morgan fingerprint density at radius 2 is 0.608 bits per heavy atom. The van der Waals surface area contributed by atoms with Crippen molar-refractivity contribution in [1.29, 1.82) is 0 Å². The van der Waals surface area contributed by atoms with Crippen molar-refractivity contribution in [3.8, 4) is 0 Å². The second-order valence-electron chi connectivity index (χ2n) is 37.1. The lowest BCUT2D eigenvalue weighted by Crippen LogP contribution is -2.41. The van der Waals surface area contributed by atoms with E-state index in [0.29, 0.717) is 70.4 Å². The summed E-state index contributed by atoms with van der Waals surface area (Å²) in [6.45, 7) is 108. The third kappa shape index (κ3) is 37.8. The van der Waals surface area contributed by atoms with Crippen LogP contribution in [-0.4, -0.2) is 0 Å². The van der Waals surface area contributed by atoms with Crippen molar-refractivity contribution < 1.29 is 0 Å². The maximum Gasteiger partial charge on any atom is -0.0257 e. The molecule has 0 nitrogen and oxygen atoms in total. The van der Waals surface area contributed by atoms with Crippen molar-refractivity contribution in [3.05, 3.63) is 0 Å². The van der Waals surface area contributed by atoms with Gasteiger partial charge < -0.3 is 0 Å². The van der Waals surface area contributed by atoms with Crippen molar-refractivity contribution in [2.45, 2.75) is 370 Å². The van der Waals surface area contributed by atoms with Gasteiger partial charge in [0.1, 0.15) is 0 Å². The molecule has 458 valence electrons. The van der Waals surface area contributed by atoms with Crippen molar-refractivity contribution in [3.63, 3.8) is 0 Å². The lowest BCUT2D eigenvalue weighted by molar-refractivity contribution is 0.00575. The second-order valence-corrected chi connectivity index (χ2v) is 37.1. The van der Waals surface area contributed by atoms with E-state index in [-0.39, 0.29) is 0 Å². The maximum atomic E-state index is 2.35. The zero-order chi connectivity index (χ0) is 62.5. The lowest BCUT2D eigenvalue weighted by atomic mass is 9.56. The molecule has 1 aliphatic carbocycles. The molecule has 1 aliphatic rings. The van der Waals surface area contributed by atoms with Gasteiger partial charge in [-0.15, -0.1) is 0 Å². The fraction of sp³-hybridized carbons (Fsp3) is 1.00. The smallest absolute Gasteiger partial charge is 0.0257 e. The topological polar surface area (TPSA) is 0 Å². The van der Waals surface area contributed by atoms with Crippen molar-refractivity contribution >= 4 is 0 Å². The number of hydrogen-bond acceptors (Lipinski definition) is 0. The van der Waals surface area contributed by atoms with Crippen LogP contribution in [-0.2, 0) is 0 Å². The van der Waals surface area contributed by atoms with Crippen molar-refractivity contribution in [2.75, 3.05) is 0 Å². The molecule has 1 rings (SSSR count). The highest BCUT2D eigenvalue weighted by atomic mass is 14.5. The third-order valence-corrected chi connectivity index (χ3v) is 22.5. The van der Waals surface area contributed by atoms with Crippen LogP contribution in [0.3, 0.4) is 0 Å². The van der Waals surface area contributed by atoms with Crippen LogP contribution >= 0.6 is 0 Å². The molecule has 0 N–H and O–H groups in total. The van der Waals surface area contributed by atoms with Gasteiger partial charge >= 0.3 is 0 Å². The van der Waals surface area contributed by atoms with Crippen LogP contribution in [0.5, 0.6) is 0 Å². The van der Waals surface area contributed by atoms with Crippen LogP contribution in [0.4, 0.5) is 0 Å². The molecule has 0 aromatic carbocycles. The molecule has 74 heavy (non-hydrogen) atoms. The van der Waals surface area contributed by atoms with Crippen molar-refractivity contribution in [1.82, 2.24) is 0 Å². The zero-order valence-corrected chi connectivity index (χ0v) is 62.5. The van der Waals surface area contributed by atoms with E-state index in [2.05, 4.69) is 325 Å². The molecule has 0 aliphatic heterocycles. The minimum Gasteiger partial charge on any atom is -0.0651 e. The molecule has 0 bridgehead atoms. The molecular weight excluding hydrogens is 889 g/mol. The van der Waals surface area contributed by atoms with Crippen LogP contribution in [0.1, 0.15) is 370 Å². The van der Waals surface area contributed by atoms with E-state index in [1.807, 2.05) is 0 Å². The van der Waals surface area contributed by atoms with Gasteiger partial charge in [-0.3, -0.25) is 0 Å². The van der Waals surface area contributed by atoms with Crippen molar-refractivity contribution in [2.24, 2.45) is 112 Å². The van der Waals surface area contributed by atoms with Crippen LogP contribution in [0.2, 0.25) is 0 Å². The van der Waals surface area contributed by atoms with Crippen LogP contribution in [0.25, 0.3) is 0 Å². The molecule has 1 fully saturated rings. The number of rotatable bonds is 6. The summed E-state index contributed by atoms with van der Waals surface area (Å²) in [6.07, 6.45) is 10.2. The first-order chi connectivity index (χ1) is 31.6. The molecule has 0 heteroatoms. The van der Waals surface area contributed by atoms with Gasteiger partial charge in [0.25, 0.3) is 0 Å².